The standard InChI is InChI=1S/C26H43N5O5/c1-10-13-11-26(13,18(32)19(27)33)29-20(34)16-15-14(25(15,8)9)12-31(16)21(35)17(23(2,3)4)28-22(36)30-24(5,6)7/h13-17H,10-12H2,1-9H3,(H2,27,33)(H,29,34)(H2,28,30,36)/t13-,14+,15+,16+,17-,26+/m1/s1. The molecule has 0 aromatic rings. The first-order chi connectivity index (χ1) is 16.3. The van der Waals surface area contributed by atoms with E-state index in [9.17, 15) is 24.0 Å². The number of hydrogen-bond donors (Lipinski definition) is 4. The van der Waals surface area contributed by atoms with Crippen LogP contribution < -0.4 is 21.7 Å². The van der Waals surface area contributed by atoms with Crippen LogP contribution in [0.2, 0.25) is 0 Å². The van der Waals surface area contributed by atoms with Crippen LogP contribution in [0.5, 0.6) is 0 Å². The van der Waals surface area contributed by atoms with Gasteiger partial charge in [-0.05, 0) is 55.8 Å². The lowest BCUT2D eigenvalue weighted by Crippen LogP contribution is -2.62. The molecule has 5 amide bonds. The highest BCUT2D eigenvalue weighted by Gasteiger charge is 2.71. The number of Topliss-reactive ketones (excluding diaryl/α,β-unsaturated/α-hetero) is 1. The molecule has 202 valence electrons. The van der Waals surface area contributed by atoms with Crippen molar-refractivity contribution in [2.45, 2.75) is 98.3 Å². The maximum absolute atomic E-state index is 13.9. The third-order valence-corrected chi connectivity index (χ3v) is 8.21. The Kier molecular flexibility index (Phi) is 6.77. The topological polar surface area (TPSA) is 151 Å². The van der Waals surface area contributed by atoms with E-state index in [0.29, 0.717) is 19.4 Å². The molecule has 0 radical (unpaired) electrons. The number of rotatable bonds is 7. The Morgan fingerprint density at radius 1 is 1.06 bits per heavy atom. The van der Waals surface area contributed by atoms with Gasteiger partial charge in [-0.25, -0.2) is 4.79 Å². The summed E-state index contributed by atoms with van der Waals surface area (Å²) in [6.45, 7) is 17.5. The smallest absolute Gasteiger partial charge is 0.315 e. The minimum Gasteiger partial charge on any atom is -0.363 e. The second kappa shape index (κ2) is 8.73. The predicted octanol–water partition coefficient (Wildman–Crippen LogP) is 1.32. The van der Waals surface area contributed by atoms with Gasteiger partial charge in [-0.15, -0.1) is 0 Å². The Bertz CT molecular complexity index is 978. The van der Waals surface area contributed by atoms with Gasteiger partial charge in [0.15, 0.2) is 0 Å². The van der Waals surface area contributed by atoms with Gasteiger partial charge in [-0.3, -0.25) is 19.2 Å². The van der Waals surface area contributed by atoms with Gasteiger partial charge in [-0.2, -0.15) is 0 Å². The summed E-state index contributed by atoms with van der Waals surface area (Å²) in [6, 6.07) is -2.14. The molecule has 0 aromatic carbocycles. The molecule has 10 nitrogen and oxygen atoms in total. The van der Waals surface area contributed by atoms with E-state index in [1.165, 1.54) is 0 Å². The van der Waals surface area contributed by atoms with E-state index in [2.05, 4.69) is 29.8 Å². The van der Waals surface area contributed by atoms with Crippen LogP contribution in [0, 0.1) is 28.6 Å². The molecule has 1 heterocycles. The molecule has 0 spiro atoms. The highest BCUT2D eigenvalue weighted by molar-refractivity contribution is 6.40. The lowest BCUT2D eigenvalue weighted by atomic mass is 9.85. The zero-order valence-electron chi connectivity index (χ0n) is 23.1. The molecule has 3 rings (SSSR count). The van der Waals surface area contributed by atoms with Crippen molar-refractivity contribution in [3.8, 4) is 0 Å². The average molecular weight is 506 g/mol. The molecule has 10 heteroatoms. The van der Waals surface area contributed by atoms with Gasteiger partial charge in [0, 0.05) is 12.1 Å². The van der Waals surface area contributed by atoms with Crippen molar-refractivity contribution in [1.29, 1.82) is 0 Å². The molecular formula is C26H43N5O5. The summed E-state index contributed by atoms with van der Waals surface area (Å²) in [7, 11) is 0. The van der Waals surface area contributed by atoms with E-state index in [1.807, 2.05) is 48.5 Å². The SMILES string of the molecule is CC[C@@H]1C[C@@]1(NC(=O)[C@@H]1[C@@H]2[C@H](CN1C(=O)[C@@H](NC(=O)NC(C)(C)C)C(C)(C)C)C2(C)C)C(=O)C(N)=O. The first-order valence-corrected chi connectivity index (χ1v) is 12.8. The second-order valence-corrected chi connectivity index (χ2v) is 13.5. The quantitative estimate of drug-likeness (QED) is 0.385. The lowest BCUT2D eigenvalue weighted by Gasteiger charge is -2.38. The molecule has 1 aliphatic heterocycles. The molecule has 0 bridgehead atoms. The number of likely N-dealkylation sites (tertiary alicyclic amines) is 1. The zero-order valence-corrected chi connectivity index (χ0v) is 23.1. The minimum atomic E-state index is -1.29. The number of hydrogen-bond acceptors (Lipinski definition) is 5. The highest BCUT2D eigenvalue weighted by Crippen LogP contribution is 2.65. The Balaban J connectivity index is 1.87. The number of amides is 5. The number of urea groups is 1. The van der Waals surface area contributed by atoms with E-state index in [4.69, 9.17) is 5.73 Å². The number of nitrogens with two attached hydrogens (primary N) is 1. The lowest BCUT2D eigenvalue weighted by molar-refractivity contribution is -0.145. The first-order valence-electron chi connectivity index (χ1n) is 12.8. The van der Waals surface area contributed by atoms with Gasteiger partial charge in [0.05, 0.1) is 0 Å². The number of carbonyl (C=O) groups excluding carboxylic acids is 5. The largest absolute Gasteiger partial charge is 0.363 e. The van der Waals surface area contributed by atoms with Crippen molar-refractivity contribution >= 4 is 29.5 Å². The van der Waals surface area contributed by atoms with E-state index >= 15 is 0 Å². The van der Waals surface area contributed by atoms with E-state index < -0.39 is 52.2 Å². The number of piperidine rings is 1. The van der Waals surface area contributed by atoms with Crippen molar-refractivity contribution in [2.24, 2.45) is 34.3 Å². The fraction of sp³-hybridized carbons (Fsp3) is 0.808. The maximum atomic E-state index is 13.9. The number of ketones is 1. The van der Waals surface area contributed by atoms with Gasteiger partial charge < -0.3 is 26.6 Å². The number of nitrogens with zero attached hydrogens (tertiary/aromatic N) is 1. The number of nitrogens with one attached hydrogen (secondary N) is 3. The summed E-state index contributed by atoms with van der Waals surface area (Å²) >= 11 is 0. The molecule has 1 saturated heterocycles. The second-order valence-electron chi connectivity index (χ2n) is 13.5. The van der Waals surface area contributed by atoms with E-state index in [-0.39, 0.29) is 29.1 Å². The first kappa shape index (κ1) is 27.9. The van der Waals surface area contributed by atoms with Crippen LogP contribution in [-0.2, 0) is 19.2 Å². The van der Waals surface area contributed by atoms with Gasteiger partial charge in [0.25, 0.3) is 5.91 Å². The molecule has 3 aliphatic rings. The molecule has 2 aliphatic carbocycles. The van der Waals surface area contributed by atoms with Crippen LogP contribution in [0.4, 0.5) is 4.79 Å². The Morgan fingerprint density at radius 2 is 1.64 bits per heavy atom. The molecule has 2 saturated carbocycles. The molecule has 0 aromatic heterocycles. The predicted molar refractivity (Wildman–Crippen MR) is 134 cm³/mol. The zero-order chi connectivity index (χ0) is 27.6. The molecule has 3 fully saturated rings. The van der Waals surface area contributed by atoms with Gasteiger partial charge >= 0.3 is 6.03 Å². The van der Waals surface area contributed by atoms with Crippen LogP contribution in [0.3, 0.4) is 0 Å². The monoisotopic (exact) mass is 505 g/mol. The van der Waals surface area contributed by atoms with Crippen molar-refractivity contribution in [3.05, 3.63) is 0 Å². The van der Waals surface area contributed by atoms with Crippen LogP contribution in [0.15, 0.2) is 0 Å². The maximum Gasteiger partial charge on any atom is 0.315 e. The van der Waals surface area contributed by atoms with Gasteiger partial charge in [0.2, 0.25) is 17.6 Å². The summed E-state index contributed by atoms with van der Waals surface area (Å²) in [5.74, 6) is -2.77. The van der Waals surface area contributed by atoms with Crippen molar-refractivity contribution < 1.29 is 24.0 Å². The Labute approximate surface area is 213 Å². The van der Waals surface area contributed by atoms with Gasteiger partial charge in [-0.1, -0.05) is 48.0 Å². The van der Waals surface area contributed by atoms with Gasteiger partial charge in [0.1, 0.15) is 17.6 Å². The third-order valence-electron chi connectivity index (χ3n) is 8.21. The average Bonchev–Trinajstić information content (AvgIpc) is 3.46. The summed E-state index contributed by atoms with van der Waals surface area (Å²) in [5.41, 5.74) is 2.75. The fourth-order valence-electron chi connectivity index (χ4n) is 5.96. The van der Waals surface area contributed by atoms with Crippen molar-refractivity contribution in [1.82, 2.24) is 20.9 Å². The van der Waals surface area contributed by atoms with Crippen LogP contribution in [0.1, 0.15) is 75.2 Å². The van der Waals surface area contributed by atoms with Crippen LogP contribution in [0.25, 0.3) is 0 Å². The third kappa shape index (κ3) is 4.95. The summed E-state index contributed by atoms with van der Waals surface area (Å²) in [6.07, 6.45) is 0.970. The van der Waals surface area contributed by atoms with E-state index in [0.717, 1.165) is 0 Å². The molecule has 36 heavy (non-hydrogen) atoms. The number of primary amides is 1. The number of carbonyl (C=O) groups is 5. The minimum absolute atomic E-state index is 0.0787. The molecule has 6 atom stereocenters. The summed E-state index contributed by atoms with van der Waals surface area (Å²) < 4.78 is 0. The van der Waals surface area contributed by atoms with Crippen molar-refractivity contribution in [3.63, 3.8) is 0 Å². The summed E-state index contributed by atoms with van der Waals surface area (Å²) in [5, 5.41) is 8.48. The molecule has 0 unspecified atom stereocenters. The van der Waals surface area contributed by atoms with Crippen LogP contribution >= 0.6 is 0 Å². The fourth-order valence-corrected chi connectivity index (χ4v) is 5.96. The van der Waals surface area contributed by atoms with Crippen LogP contribution in [-0.4, -0.2) is 64.1 Å². The van der Waals surface area contributed by atoms with E-state index in [1.54, 1.807) is 4.90 Å². The summed E-state index contributed by atoms with van der Waals surface area (Å²) in [4.78, 5) is 66.2. The molecule has 5 N–H and O–H groups in total. The Morgan fingerprint density at radius 3 is 2.08 bits per heavy atom. The molecular weight excluding hydrogens is 462 g/mol. The number of fused-ring (bicyclic) bond motifs is 1. The highest BCUT2D eigenvalue weighted by atomic mass is 16.2. The Hall–Kier alpha value is -2.65. The normalized spacial score (nSPS) is 31.1. The van der Waals surface area contributed by atoms with Crippen molar-refractivity contribution in [2.75, 3.05) is 6.54 Å².